The van der Waals surface area contributed by atoms with Crippen molar-refractivity contribution in [3.8, 4) is 11.1 Å². The average molecular weight is 287 g/mol. The van der Waals surface area contributed by atoms with Gasteiger partial charge in [-0.2, -0.15) is 0 Å². The average Bonchev–Trinajstić information content (AvgIpc) is 2.46. The highest BCUT2D eigenvalue weighted by atomic mass is 16.5. The van der Waals surface area contributed by atoms with E-state index in [4.69, 9.17) is 10.5 Å². The molecule has 0 aliphatic heterocycles. The van der Waals surface area contributed by atoms with Crippen molar-refractivity contribution < 1.29 is 4.74 Å². The van der Waals surface area contributed by atoms with Gasteiger partial charge in [0.2, 0.25) is 0 Å². The van der Waals surface area contributed by atoms with Crippen molar-refractivity contribution in [3.05, 3.63) is 46.4 Å². The Kier molecular flexibility index (Phi) is 4.65. The molecule has 0 aliphatic carbocycles. The number of nitrogens with two attached hydrogens (primary N) is 1. The third-order valence-corrected chi connectivity index (χ3v) is 3.37. The Morgan fingerprint density at radius 3 is 2.71 bits per heavy atom. The fourth-order valence-corrected chi connectivity index (χ4v) is 2.21. The number of methoxy groups -OCH3 is 1. The molecule has 1 heterocycles. The third-order valence-electron chi connectivity index (χ3n) is 3.37. The summed E-state index contributed by atoms with van der Waals surface area (Å²) in [6, 6.07) is 7.71. The molecule has 0 aliphatic rings. The lowest BCUT2D eigenvalue weighted by Gasteiger charge is -2.12. The molecule has 2 aromatic rings. The van der Waals surface area contributed by atoms with Gasteiger partial charge in [-0.05, 0) is 36.2 Å². The van der Waals surface area contributed by atoms with Gasteiger partial charge < -0.3 is 20.4 Å². The summed E-state index contributed by atoms with van der Waals surface area (Å²) in [5.41, 5.74) is 10.3. The fraction of sp³-hybridized carbons (Fsp3) is 0.312. The van der Waals surface area contributed by atoms with E-state index < -0.39 is 0 Å². The van der Waals surface area contributed by atoms with E-state index in [1.54, 1.807) is 18.7 Å². The van der Waals surface area contributed by atoms with Crippen LogP contribution in [0.4, 0.5) is 11.4 Å². The molecule has 0 bridgehead atoms. The van der Waals surface area contributed by atoms with Crippen LogP contribution in [-0.2, 0) is 11.8 Å². The first kappa shape index (κ1) is 15.1. The van der Waals surface area contributed by atoms with Crippen LogP contribution in [0.5, 0.6) is 0 Å². The van der Waals surface area contributed by atoms with Crippen molar-refractivity contribution in [2.45, 2.75) is 6.92 Å². The lowest BCUT2D eigenvalue weighted by molar-refractivity contribution is 0.211. The molecule has 0 unspecified atom stereocenters. The number of aromatic nitrogens is 1. The maximum atomic E-state index is 11.8. The molecule has 0 fully saturated rings. The second-order valence-electron chi connectivity index (χ2n) is 5.05. The second-order valence-corrected chi connectivity index (χ2v) is 5.05. The van der Waals surface area contributed by atoms with Gasteiger partial charge in [-0.1, -0.05) is 6.07 Å². The summed E-state index contributed by atoms with van der Waals surface area (Å²) in [7, 11) is 3.42. The normalized spacial score (nSPS) is 10.6. The highest BCUT2D eigenvalue weighted by Crippen LogP contribution is 2.27. The minimum Gasteiger partial charge on any atom is -0.397 e. The van der Waals surface area contributed by atoms with Gasteiger partial charge in [0.1, 0.15) is 0 Å². The molecular weight excluding hydrogens is 266 g/mol. The zero-order valence-electron chi connectivity index (χ0n) is 12.6. The minimum absolute atomic E-state index is 0.0210. The van der Waals surface area contributed by atoms with Crippen molar-refractivity contribution in [2.24, 2.45) is 7.05 Å². The van der Waals surface area contributed by atoms with Gasteiger partial charge in [0.15, 0.2) is 0 Å². The summed E-state index contributed by atoms with van der Waals surface area (Å²) in [5, 5.41) is 3.25. The number of pyridine rings is 1. The standard InChI is InChI=1S/C16H21N3O2/c1-11-8-13(10-19(2)16(11)20)12-4-5-14(17)15(9-12)18-6-7-21-3/h4-5,8-10,18H,6-7,17H2,1-3H3. The highest BCUT2D eigenvalue weighted by Gasteiger charge is 2.06. The van der Waals surface area contributed by atoms with Crippen molar-refractivity contribution in [3.63, 3.8) is 0 Å². The molecule has 5 heteroatoms. The number of ether oxygens (including phenoxy) is 1. The Balaban J connectivity index is 2.36. The Morgan fingerprint density at radius 1 is 1.29 bits per heavy atom. The smallest absolute Gasteiger partial charge is 0.253 e. The quantitative estimate of drug-likeness (QED) is 0.652. The van der Waals surface area contributed by atoms with Gasteiger partial charge in [0.25, 0.3) is 5.56 Å². The molecule has 0 amide bonds. The van der Waals surface area contributed by atoms with Crippen molar-refractivity contribution >= 4 is 11.4 Å². The van der Waals surface area contributed by atoms with Crippen LogP contribution in [0.15, 0.2) is 35.3 Å². The molecule has 0 saturated heterocycles. The van der Waals surface area contributed by atoms with Crippen LogP contribution in [0.3, 0.4) is 0 Å². The summed E-state index contributed by atoms with van der Waals surface area (Å²) >= 11 is 0. The predicted octanol–water partition coefficient (Wildman–Crippen LogP) is 2.00. The second kappa shape index (κ2) is 6.45. The van der Waals surface area contributed by atoms with E-state index in [1.807, 2.05) is 37.4 Å². The van der Waals surface area contributed by atoms with Crippen LogP contribution in [0.1, 0.15) is 5.56 Å². The molecule has 2 rings (SSSR count). The van der Waals surface area contributed by atoms with Crippen LogP contribution in [0.2, 0.25) is 0 Å². The predicted molar refractivity (Wildman–Crippen MR) is 86.6 cm³/mol. The van der Waals surface area contributed by atoms with E-state index >= 15 is 0 Å². The Labute approximate surface area is 124 Å². The van der Waals surface area contributed by atoms with Crippen molar-refractivity contribution in [1.29, 1.82) is 0 Å². The molecule has 3 N–H and O–H groups in total. The van der Waals surface area contributed by atoms with Crippen molar-refractivity contribution in [2.75, 3.05) is 31.3 Å². The summed E-state index contributed by atoms with van der Waals surface area (Å²) < 4.78 is 6.62. The van der Waals surface area contributed by atoms with Crippen LogP contribution in [0, 0.1) is 6.92 Å². The molecular formula is C16H21N3O2. The van der Waals surface area contributed by atoms with Gasteiger partial charge >= 0.3 is 0 Å². The minimum atomic E-state index is 0.0210. The van der Waals surface area contributed by atoms with Crippen LogP contribution in [-0.4, -0.2) is 24.8 Å². The van der Waals surface area contributed by atoms with Gasteiger partial charge in [0.05, 0.1) is 18.0 Å². The summed E-state index contributed by atoms with van der Waals surface area (Å²) in [6.07, 6.45) is 1.83. The first-order valence-corrected chi connectivity index (χ1v) is 6.83. The number of hydrogen-bond donors (Lipinski definition) is 2. The zero-order valence-corrected chi connectivity index (χ0v) is 12.6. The molecule has 0 atom stereocenters. The lowest BCUT2D eigenvalue weighted by atomic mass is 10.0. The van der Waals surface area contributed by atoms with Gasteiger partial charge in [-0.3, -0.25) is 4.79 Å². The van der Waals surface area contributed by atoms with Gasteiger partial charge in [-0.25, -0.2) is 0 Å². The maximum absolute atomic E-state index is 11.8. The maximum Gasteiger partial charge on any atom is 0.253 e. The summed E-state index contributed by atoms with van der Waals surface area (Å²) in [5.74, 6) is 0. The molecule has 0 spiro atoms. The largest absolute Gasteiger partial charge is 0.397 e. The Bertz CT molecular complexity index is 666. The third kappa shape index (κ3) is 3.44. The number of nitrogens with one attached hydrogen (secondary N) is 1. The number of nitrogen functional groups attached to an aromatic ring is 1. The molecule has 21 heavy (non-hydrogen) atoms. The zero-order chi connectivity index (χ0) is 15.4. The van der Waals surface area contributed by atoms with E-state index in [9.17, 15) is 4.79 Å². The summed E-state index contributed by atoms with van der Waals surface area (Å²) in [6.45, 7) is 3.12. The number of nitrogens with zero attached hydrogens (tertiary/aromatic N) is 1. The Hall–Kier alpha value is -2.27. The van der Waals surface area contributed by atoms with E-state index in [0.29, 0.717) is 18.8 Å². The fourth-order valence-electron chi connectivity index (χ4n) is 2.21. The monoisotopic (exact) mass is 287 g/mol. The SMILES string of the molecule is COCCNc1cc(-c2cc(C)c(=O)n(C)c2)ccc1N. The number of anilines is 2. The molecule has 0 saturated carbocycles. The van der Waals surface area contributed by atoms with Crippen LogP contribution < -0.4 is 16.6 Å². The van der Waals surface area contributed by atoms with Crippen molar-refractivity contribution in [1.82, 2.24) is 4.57 Å². The molecule has 1 aromatic carbocycles. The topological polar surface area (TPSA) is 69.3 Å². The molecule has 0 radical (unpaired) electrons. The van der Waals surface area contributed by atoms with E-state index in [0.717, 1.165) is 22.4 Å². The molecule has 1 aromatic heterocycles. The number of rotatable bonds is 5. The number of aryl methyl sites for hydroxylation is 2. The lowest BCUT2D eigenvalue weighted by Crippen LogP contribution is -2.18. The number of hydrogen-bond acceptors (Lipinski definition) is 4. The Morgan fingerprint density at radius 2 is 2.05 bits per heavy atom. The molecule has 112 valence electrons. The summed E-state index contributed by atoms with van der Waals surface area (Å²) in [4.78, 5) is 11.8. The van der Waals surface area contributed by atoms with Gasteiger partial charge in [-0.15, -0.1) is 0 Å². The highest BCUT2D eigenvalue weighted by molar-refractivity contribution is 5.76. The molecule has 5 nitrogen and oxygen atoms in total. The van der Waals surface area contributed by atoms with Crippen LogP contribution in [0.25, 0.3) is 11.1 Å². The number of benzene rings is 1. The first-order chi connectivity index (χ1) is 10.0. The van der Waals surface area contributed by atoms with E-state index in [1.165, 1.54) is 0 Å². The van der Waals surface area contributed by atoms with E-state index in [-0.39, 0.29) is 5.56 Å². The van der Waals surface area contributed by atoms with Gasteiger partial charge in [0, 0.05) is 32.5 Å². The van der Waals surface area contributed by atoms with E-state index in [2.05, 4.69) is 5.32 Å². The first-order valence-electron chi connectivity index (χ1n) is 6.83. The van der Waals surface area contributed by atoms with Crippen LogP contribution >= 0.6 is 0 Å².